The number of rotatable bonds is 5. The summed E-state index contributed by atoms with van der Waals surface area (Å²) in [5.74, 6) is 0.652. The van der Waals surface area contributed by atoms with Crippen LogP contribution in [-0.4, -0.2) is 72.7 Å². The zero-order chi connectivity index (χ0) is 17.2. The highest BCUT2D eigenvalue weighted by Crippen LogP contribution is 2.33. The maximum absolute atomic E-state index is 12.6. The molecule has 136 valence electrons. The van der Waals surface area contributed by atoms with E-state index in [1.54, 1.807) is 0 Å². The number of ether oxygens (including phenoxy) is 2. The molecule has 3 aliphatic rings. The molecule has 0 aromatic heterocycles. The molecule has 2 amide bonds. The fourth-order valence-electron chi connectivity index (χ4n) is 3.68. The molecular formula is C18H30N2O4. The van der Waals surface area contributed by atoms with Gasteiger partial charge >= 0.3 is 0 Å². The third-order valence-electron chi connectivity index (χ3n) is 5.28. The summed E-state index contributed by atoms with van der Waals surface area (Å²) in [5.41, 5.74) is -0.307. The lowest BCUT2D eigenvalue weighted by atomic mass is 9.97. The largest absolute Gasteiger partial charge is 0.381 e. The van der Waals surface area contributed by atoms with Crippen LogP contribution in [0.1, 0.15) is 46.0 Å². The Bertz CT molecular complexity index is 470. The molecule has 1 saturated carbocycles. The normalized spacial score (nSPS) is 24.9. The molecule has 6 heteroatoms. The number of carbonyl (C=O) groups is 2. The van der Waals surface area contributed by atoms with Gasteiger partial charge in [0.2, 0.25) is 11.8 Å². The third-order valence-corrected chi connectivity index (χ3v) is 5.28. The number of nitrogens with zero attached hydrogens (tertiary/aromatic N) is 2. The summed E-state index contributed by atoms with van der Waals surface area (Å²) in [6.07, 6.45) is 4.54. The van der Waals surface area contributed by atoms with Crippen LogP contribution in [0.4, 0.5) is 0 Å². The second kappa shape index (κ2) is 7.40. The minimum absolute atomic E-state index is 0.130. The Hall–Kier alpha value is -1.14. The van der Waals surface area contributed by atoms with Gasteiger partial charge in [-0.1, -0.05) is 0 Å². The molecule has 3 fully saturated rings. The van der Waals surface area contributed by atoms with Crippen molar-refractivity contribution in [2.75, 3.05) is 39.5 Å². The van der Waals surface area contributed by atoms with Gasteiger partial charge in [0.15, 0.2) is 0 Å². The lowest BCUT2D eigenvalue weighted by molar-refractivity contribution is -0.149. The van der Waals surface area contributed by atoms with E-state index in [4.69, 9.17) is 9.47 Å². The van der Waals surface area contributed by atoms with E-state index in [-0.39, 0.29) is 29.4 Å². The highest BCUT2D eigenvalue weighted by Gasteiger charge is 2.41. The van der Waals surface area contributed by atoms with Crippen LogP contribution in [0.3, 0.4) is 0 Å². The van der Waals surface area contributed by atoms with Gasteiger partial charge in [-0.05, 0) is 39.5 Å². The molecule has 0 atom stereocenters. The summed E-state index contributed by atoms with van der Waals surface area (Å²) in [7, 11) is 0. The van der Waals surface area contributed by atoms with Crippen molar-refractivity contribution >= 4 is 11.8 Å². The van der Waals surface area contributed by atoms with Gasteiger partial charge in [-0.3, -0.25) is 9.59 Å². The van der Waals surface area contributed by atoms with Crippen molar-refractivity contribution in [3.8, 4) is 0 Å². The predicted molar refractivity (Wildman–Crippen MR) is 89.5 cm³/mol. The Kier molecular flexibility index (Phi) is 5.45. The van der Waals surface area contributed by atoms with Crippen molar-refractivity contribution < 1.29 is 19.1 Å². The molecule has 0 aromatic carbocycles. The highest BCUT2D eigenvalue weighted by molar-refractivity contribution is 5.82. The van der Waals surface area contributed by atoms with E-state index in [0.29, 0.717) is 32.7 Å². The minimum atomic E-state index is -0.307. The van der Waals surface area contributed by atoms with Crippen LogP contribution in [0.15, 0.2) is 0 Å². The van der Waals surface area contributed by atoms with E-state index in [2.05, 4.69) is 13.8 Å². The first kappa shape index (κ1) is 17.7. The molecule has 0 radical (unpaired) electrons. The van der Waals surface area contributed by atoms with Crippen molar-refractivity contribution in [2.24, 2.45) is 5.92 Å². The van der Waals surface area contributed by atoms with Gasteiger partial charge in [0.25, 0.3) is 0 Å². The highest BCUT2D eigenvalue weighted by atomic mass is 16.5. The molecule has 24 heavy (non-hydrogen) atoms. The SMILES string of the molecule is CC1(C)CN(C(=O)C2CC2)CCN1C(=O)CCOC1CCOCC1. The number of hydrogen-bond acceptors (Lipinski definition) is 4. The third kappa shape index (κ3) is 4.28. The Labute approximate surface area is 144 Å². The number of carbonyl (C=O) groups excluding carboxylic acids is 2. The fourth-order valence-corrected chi connectivity index (χ4v) is 3.68. The summed E-state index contributed by atoms with van der Waals surface area (Å²) in [6.45, 7) is 8.00. The molecular weight excluding hydrogens is 308 g/mol. The van der Waals surface area contributed by atoms with E-state index in [0.717, 1.165) is 38.9 Å². The van der Waals surface area contributed by atoms with E-state index >= 15 is 0 Å². The first-order valence-corrected chi connectivity index (χ1v) is 9.26. The number of piperazine rings is 1. The van der Waals surface area contributed by atoms with Crippen LogP contribution in [0.2, 0.25) is 0 Å². The summed E-state index contributed by atoms with van der Waals surface area (Å²) < 4.78 is 11.1. The second-order valence-corrected chi connectivity index (χ2v) is 7.82. The van der Waals surface area contributed by atoms with E-state index in [9.17, 15) is 9.59 Å². The van der Waals surface area contributed by atoms with Gasteiger partial charge in [-0.25, -0.2) is 0 Å². The molecule has 0 spiro atoms. The van der Waals surface area contributed by atoms with Gasteiger partial charge in [0, 0.05) is 38.8 Å². The van der Waals surface area contributed by atoms with Crippen LogP contribution < -0.4 is 0 Å². The molecule has 6 nitrogen and oxygen atoms in total. The van der Waals surface area contributed by atoms with Crippen molar-refractivity contribution in [1.29, 1.82) is 0 Å². The van der Waals surface area contributed by atoms with Crippen LogP contribution in [0.5, 0.6) is 0 Å². The zero-order valence-corrected chi connectivity index (χ0v) is 15.0. The van der Waals surface area contributed by atoms with Crippen molar-refractivity contribution in [2.45, 2.75) is 57.6 Å². The summed E-state index contributed by atoms with van der Waals surface area (Å²) >= 11 is 0. The van der Waals surface area contributed by atoms with E-state index in [1.807, 2.05) is 9.80 Å². The topological polar surface area (TPSA) is 59.1 Å². The van der Waals surface area contributed by atoms with E-state index in [1.165, 1.54) is 0 Å². The Balaban J connectivity index is 1.45. The first-order valence-electron chi connectivity index (χ1n) is 9.26. The quantitative estimate of drug-likeness (QED) is 0.761. The summed E-state index contributed by atoms with van der Waals surface area (Å²) in [6, 6.07) is 0. The molecule has 2 heterocycles. The second-order valence-electron chi connectivity index (χ2n) is 7.82. The minimum Gasteiger partial charge on any atom is -0.381 e. The Morgan fingerprint density at radius 1 is 1.12 bits per heavy atom. The predicted octanol–water partition coefficient (Wildman–Crippen LogP) is 1.43. The van der Waals surface area contributed by atoms with Crippen molar-refractivity contribution in [3.05, 3.63) is 0 Å². The molecule has 0 unspecified atom stereocenters. The fraction of sp³-hybridized carbons (Fsp3) is 0.889. The monoisotopic (exact) mass is 338 g/mol. The van der Waals surface area contributed by atoms with Gasteiger partial charge in [-0.2, -0.15) is 0 Å². The van der Waals surface area contributed by atoms with Gasteiger partial charge in [0.1, 0.15) is 0 Å². The van der Waals surface area contributed by atoms with Crippen molar-refractivity contribution in [1.82, 2.24) is 9.80 Å². The maximum Gasteiger partial charge on any atom is 0.225 e. The van der Waals surface area contributed by atoms with Gasteiger partial charge in [-0.15, -0.1) is 0 Å². The summed E-state index contributed by atoms with van der Waals surface area (Å²) in [5, 5.41) is 0. The number of hydrogen-bond donors (Lipinski definition) is 0. The molecule has 1 aliphatic carbocycles. The molecule has 2 aliphatic heterocycles. The smallest absolute Gasteiger partial charge is 0.225 e. The standard InChI is InChI=1S/C18H30N2O4/c1-18(2)13-19(17(22)14-3-4-14)8-9-20(18)16(21)7-12-24-15-5-10-23-11-6-15/h14-15H,3-13H2,1-2H3. The van der Waals surface area contributed by atoms with Gasteiger partial charge < -0.3 is 19.3 Å². The maximum atomic E-state index is 12.6. The molecule has 0 N–H and O–H groups in total. The lowest BCUT2D eigenvalue weighted by Crippen LogP contribution is -2.62. The average Bonchev–Trinajstić information content (AvgIpc) is 3.39. The van der Waals surface area contributed by atoms with Crippen LogP contribution in [0, 0.1) is 5.92 Å². The molecule has 2 saturated heterocycles. The van der Waals surface area contributed by atoms with Crippen molar-refractivity contribution in [3.63, 3.8) is 0 Å². The molecule has 3 rings (SSSR count). The zero-order valence-electron chi connectivity index (χ0n) is 15.0. The lowest BCUT2D eigenvalue weighted by Gasteiger charge is -2.47. The Morgan fingerprint density at radius 3 is 2.46 bits per heavy atom. The number of amides is 2. The van der Waals surface area contributed by atoms with Crippen LogP contribution in [-0.2, 0) is 19.1 Å². The Morgan fingerprint density at radius 2 is 1.83 bits per heavy atom. The molecule has 0 bridgehead atoms. The van der Waals surface area contributed by atoms with E-state index < -0.39 is 0 Å². The van der Waals surface area contributed by atoms with Crippen LogP contribution in [0.25, 0.3) is 0 Å². The van der Waals surface area contributed by atoms with Crippen LogP contribution >= 0.6 is 0 Å². The molecule has 0 aromatic rings. The first-order chi connectivity index (χ1) is 11.5. The van der Waals surface area contributed by atoms with Gasteiger partial charge in [0.05, 0.1) is 24.7 Å². The average molecular weight is 338 g/mol. The summed E-state index contributed by atoms with van der Waals surface area (Å²) in [4.78, 5) is 28.7.